The quantitative estimate of drug-likeness (QED) is 0.780. The highest BCUT2D eigenvalue weighted by Crippen LogP contribution is 2.15. The van der Waals surface area contributed by atoms with Crippen LogP contribution in [0.3, 0.4) is 0 Å². The molecule has 0 aromatic carbocycles. The molecule has 0 bridgehead atoms. The molecule has 0 radical (unpaired) electrons. The Morgan fingerprint density at radius 2 is 2.43 bits per heavy atom. The Morgan fingerprint density at radius 3 is 2.86 bits per heavy atom. The van der Waals surface area contributed by atoms with E-state index in [1.807, 2.05) is 6.92 Å². The third kappa shape index (κ3) is 2.57. The first-order chi connectivity index (χ1) is 6.69. The fourth-order valence-corrected chi connectivity index (χ4v) is 1.49. The van der Waals surface area contributed by atoms with Crippen molar-refractivity contribution in [1.29, 1.82) is 0 Å². The third-order valence-corrected chi connectivity index (χ3v) is 2.24. The zero-order chi connectivity index (χ0) is 10.6. The number of aromatic nitrogens is 2. The first kappa shape index (κ1) is 11.2. The zero-order valence-electron chi connectivity index (χ0n) is 8.24. The van der Waals surface area contributed by atoms with E-state index in [4.69, 9.17) is 4.74 Å². The van der Waals surface area contributed by atoms with Gasteiger partial charge in [0.15, 0.2) is 0 Å². The van der Waals surface area contributed by atoms with Gasteiger partial charge in [-0.1, -0.05) is 6.92 Å². The highest BCUT2D eigenvalue weighted by molar-refractivity contribution is 9.10. The van der Waals surface area contributed by atoms with E-state index in [-0.39, 0.29) is 12.0 Å². The van der Waals surface area contributed by atoms with Gasteiger partial charge in [-0.25, -0.2) is 4.79 Å². The molecule has 0 saturated carbocycles. The molecule has 0 aliphatic carbocycles. The molecule has 1 heterocycles. The third-order valence-electron chi connectivity index (χ3n) is 1.83. The van der Waals surface area contributed by atoms with E-state index in [2.05, 4.69) is 21.0 Å². The fraction of sp³-hybridized carbons (Fsp3) is 0.556. The van der Waals surface area contributed by atoms with Crippen molar-refractivity contribution in [3.05, 3.63) is 16.9 Å². The molecule has 0 N–H and O–H groups in total. The summed E-state index contributed by atoms with van der Waals surface area (Å²) in [5.74, 6) is -0.231. The van der Waals surface area contributed by atoms with Crippen molar-refractivity contribution in [2.75, 3.05) is 6.61 Å². The van der Waals surface area contributed by atoms with Crippen molar-refractivity contribution in [2.45, 2.75) is 26.3 Å². The predicted octanol–water partition coefficient (Wildman–Crippen LogP) is 2.16. The summed E-state index contributed by atoms with van der Waals surface area (Å²) in [6.45, 7) is 4.12. The lowest BCUT2D eigenvalue weighted by atomic mass is 10.2. The number of carbonyl (C=O) groups is 1. The zero-order valence-corrected chi connectivity index (χ0v) is 9.82. The molecule has 0 fully saturated rings. The number of halogens is 1. The summed E-state index contributed by atoms with van der Waals surface area (Å²) in [5.41, 5.74) is 0. The van der Waals surface area contributed by atoms with Crippen LogP contribution in [0.4, 0.5) is 0 Å². The highest BCUT2D eigenvalue weighted by Gasteiger charge is 2.20. The Hall–Kier alpha value is -0.840. The first-order valence-corrected chi connectivity index (χ1v) is 5.34. The number of rotatable bonds is 4. The lowest BCUT2D eigenvalue weighted by molar-refractivity contribution is -0.147. The van der Waals surface area contributed by atoms with Crippen LogP contribution < -0.4 is 0 Å². The molecule has 1 atom stereocenters. The van der Waals surface area contributed by atoms with Crippen molar-refractivity contribution >= 4 is 21.9 Å². The van der Waals surface area contributed by atoms with Gasteiger partial charge in [-0.2, -0.15) is 5.10 Å². The molecule has 0 aliphatic heterocycles. The van der Waals surface area contributed by atoms with Gasteiger partial charge in [-0.05, 0) is 29.3 Å². The smallest absolute Gasteiger partial charge is 0.330 e. The molecule has 1 aromatic rings. The van der Waals surface area contributed by atoms with E-state index in [1.54, 1.807) is 24.0 Å². The average molecular weight is 261 g/mol. The van der Waals surface area contributed by atoms with Crippen LogP contribution in [-0.2, 0) is 9.53 Å². The standard InChI is InChI=1S/C9H13BrN2O2/c1-3-8(9(13)14-4-2)12-6-7(10)5-11-12/h5-6,8H,3-4H2,1-2H3/t8-/m1/s1. The van der Waals surface area contributed by atoms with Gasteiger partial charge >= 0.3 is 5.97 Å². The maximum absolute atomic E-state index is 11.5. The van der Waals surface area contributed by atoms with E-state index in [1.165, 1.54) is 0 Å². The monoisotopic (exact) mass is 260 g/mol. The minimum absolute atomic E-state index is 0.231. The van der Waals surface area contributed by atoms with Crippen molar-refractivity contribution in [2.24, 2.45) is 0 Å². The summed E-state index contributed by atoms with van der Waals surface area (Å²) in [6.07, 6.45) is 4.10. The summed E-state index contributed by atoms with van der Waals surface area (Å²) in [7, 11) is 0. The van der Waals surface area contributed by atoms with Crippen LogP contribution in [0.15, 0.2) is 16.9 Å². The second kappa shape index (κ2) is 5.14. The number of nitrogens with zero attached hydrogens (tertiary/aromatic N) is 2. The Bertz CT molecular complexity index is 312. The van der Waals surface area contributed by atoms with Gasteiger partial charge < -0.3 is 4.74 Å². The van der Waals surface area contributed by atoms with Gasteiger partial charge in [0.2, 0.25) is 0 Å². The Labute approximate surface area is 91.4 Å². The second-order valence-electron chi connectivity index (χ2n) is 2.81. The van der Waals surface area contributed by atoms with Crippen LogP contribution in [-0.4, -0.2) is 22.4 Å². The highest BCUT2D eigenvalue weighted by atomic mass is 79.9. The molecule has 14 heavy (non-hydrogen) atoms. The SMILES string of the molecule is CCOC(=O)[C@@H](CC)n1cc(Br)cn1. The van der Waals surface area contributed by atoms with Gasteiger partial charge in [0.25, 0.3) is 0 Å². The van der Waals surface area contributed by atoms with Gasteiger partial charge in [0, 0.05) is 6.20 Å². The lowest BCUT2D eigenvalue weighted by Crippen LogP contribution is -2.21. The topological polar surface area (TPSA) is 44.1 Å². The van der Waals surface area contributed by atoms with Gasteiger partial charge in [0.1, 0.15) is 6.04 Å². The van der Waals surface area contributed by atoms with E-state index in [0.29, 0.717) is 13.0 Å². The number of carbonyl (C=O) groups excluding carboxylic acids is 1. The van der Waals surface area contributed by atoms with E-state index in [0.717, 1.165) is 4.47 Å². The molecule has 1 rings (SSSR count). The van der Waals surface area contributed by atoms with Crippen molar-refractivity contribution < 1.29 is 9.53 Å². The van der Waals surface area contributed by atoms with Crippen molar-refractivity contribution in [1.82, 2.24) is 9.78 Å². The lowest BCUT2D eigenvalue weighted by Gasteiger charge is -2.13. The van der Waals surface area contributed by atoms with E-state index >= 15 is 0 Å². The molecular weight excluding hydrogens is 248 g/mol. The average Bonchev–Trinajstić information content (AvgIpc) is 2.54. The predicted molar refractivity (Wildman–Crippen MR) is 55.9 cm³/mol. The van der Waals surface area contributed by atoms with E-state index < -0.39 is 0 Å². The van der Waals surface area contributed by atoms with Crippen LogP contribution in [0.5, 0.6) is 0 Å². The minimum atomic E-state index is -0.318. The van der Waals surface area contributed by atoms with Gasteiger partial charge in [-0.15, -0.1) is 0 Å². The number of ether oxygens (including phenoxy) is 1. The van der Waals surface area contributed by atoms with Crippen LogP contribution >= 0.6 is 15.9 Å². The first-order valence-electron chi connectivity index (χ1n) is 4.55. The van der Waals surface area contributed by atoms with Crippen LogP contribution in [0, 0.1) is 0 Å². The normalized spacial score (nSPS) is 12.5. The Morgan fingerprint density at radius 1 is 1.71 bits per heavy atom. The Balaban J connectivity index is 2.76. The van der Waals surface area contributed by atoms with Gasteiger partial charge in [0.05, 0.1) is 17.3 Å². The van der Waals surface area contributed by atoms with Crippen LogP contribution in [0.1, 0.15) is 26.3 Å². The van der Waals surface area contributed by atoms with Gasteiger partial charge in [-0.3, -0.25) is 4.68 Å². The number of hydrogen-bond donors (Lipinski definition) is 0. The van der Waals surface area contributed by atoms with Crippen molar-refractivity contribution in [3.8, 4) is 0 Å². The Kier molecular flexibility index (Phi) is 4.13. The molecular formula is C9H13BrN2O2. The number of hydrogen-bond acceptors (Lipinski definition) is 3. The summed E-state index contributed by atoms with van der Waals surface area (Å²) >= 11 is 3.28. The summed E-state index contributed by atoms with van der Waals surface area (Å²) < 4.78 is 7.42. The molecule has 4 nitrogen and oxygen atoms in total. The fourth-order valence-electron chi connectivity index (χ4n) is 1.19. The second-order valence-corrected chi connectivity index (χ2v) is 3.73. The maximum atomic E-state index is 11.5. The van der Waals surface area contributed by atoms with E-state index in [9.17, 15) is 4.79 Å². The maximum Gasteiger partial charge on any atom is 0.330 e. The molecule has 0 unspecified atom stereocenters. The largest absolute Gasteiger partial charge is 0.464 e. The van der Waals surface area contributed by atoms with Crippen molar-refractivity contribution in [3.63, 3.8) is 0 Å². The van der Waals surface area contributed by atoms with Crippen LogP contribution in [0.2, 0.25) is 0 Å². The molecule has 78 valence electrons. The number of esters is 1. The summed E-state index contributed by atoms with van der Waals surface area (Å²) in [6, 6.07) is -0.318. The molecule has 0 saturated heterocycles. The molecule has 0 aliphatic rings. The molecule has 5 heteroatoms. The molecule has 0 spiro atoms. The minimum Gasteiger partial charge on any atom is -0.464 e. The summed E-state index contributed by atoms with van der Waals surface area (Å²) in [5, 5.41) is 4.06. The molecule has 1 aromatic heterocycles. The summed E-state index contributed by atoms with van der Waals surface area (Å²) in [4.78, 5) is 11.5. The van der Waals surface area contributed by atoms with Crippen LogP contribution in [0.25, 0.3) is 0 Å². The molecule has 0 amide bonds.